The molecule has 0 amide bonds. The van der Waals surface area contributed by atoms with E-state index in [4.69, 9.17) is 5.11 Å². The van der Waals surface area contributed by atoms with Crippen molar-refractivity contribution in [2.75, 3.05) is 0 Å². The molecule has 0 aromatic heterocycles. The highest BCUT2D eigenvalue weighted by atomic mass is 19.3. The highest BCUT2D eigenvalue weighted by Crippen LogP contribution is 2.30. The van der Waals surface area contributed by atoms with Gasteiger partial charge >= 0.3 is 6.61 Å². The van der Waals surface area contributed by atoms with Crippen LogP contribution in [0, 0.1) is 6.92 Å². The fourth-order valence-corrected chi connectivity index (χ4v) is 1.96. The number of alkyl halides is 2. The lowest BCUT2D eigenvalue weighted by atomic mass is 9.99. The quantitative estimate of drug-likeness (QED) is 0.911. The van der Waals surface area contributed by atoms with Gasteiger partial charge in [0, 0.05) is 5.56 Å². The minimum Gasteiger partial charge on any atom is -0.434 e. The monoisotopic (exact) mass is 264 g/mol. The zero-order chi connectivity index (χ0) is 13.8. The third kappa shape index (κ3) is 3.09. The summed E-state index contributed by atoms with van der Waals surface area (Å²) in [5, 5.41) is 9.12. The molecule has 0 saturated heterocycles. The lowest BCUT2D eigenvalue weighted by Gasteiger charge is -2.12. The summed E-state index contributed by atoms with van der Waals surface area (Å²) in [5.74, 6) is 0.0123. The molecule has 2 aromatic carbocycles. The van der Waals surface area contributed by atoms with Crippen LogP contribution in [0.15, 0.2) is 42.5 Å². The number of aliphatic hydroxyl groups is 1. The largest absolute Gasteiger partial charge is 0.434 e. The van der Waals surface area contributed by atoms with Gasteiger partial charge in [-0.15, -0.1) is 0 Å². The standard InChI is InChI=1S/C15H14F2O2/c1-10-4-2-3-5-13(10)11-6-7-12(9-18)14(8-11)19-15(16)17/h2-8,15,18H,9H2,1H3. The van der Waals surface area contributed by atoms with Crippen LogP contribution in [0.2, 0.25) is 0 Å². The van der Waals surface area contributed by atoms with Gasteiger partial charge in [-0.3, -0.25) is 0 Å². The Hall–Kier alpha value is -1.94. The molecule has 0 aliphatic carbocycles. The van der Waals surface area contributed by atoms with Crippen molar-refractivity contribution in [1.29, 1.82) is 0 Å². The van der Waals surface area contributed by atoms with E-state index in [1.165, 1.54) is 6.07 Å². The van der Waals surface area contributed by atoms with Gasteiger partial charge in [0.2, 0.25) is 0 Å². The van der Waals surface area contributed by atoms with E-state index in [0.717, 1.165) is 16.7 Å². The normalized spacial score (nSPS) is 10.8. The molecule has 0 spiro atoms. The van der Waals surface area contributed by atoms with Crippen molar-refractivity contribution in [3.05, 3.63) is 53.6 Å². The number of hydrogen-bond acceptors (Lipinski definition) is 2. The fourth-order valence-electron chi connectivity index (χ4n) is 1.96. The molecule has 0 aliphatic rings. The Kier molecular flexibility index (Phi) is 4.12. The number of halogens is 2. The highest BCUT2D eigenvalue weighted by Gasteiger charge is 2.11. The molecule has 0 radical (unpaired) electrons. The van der Waals surface area contributed by atoms with Crippen LogP contribution in [0.25, 0.3) is 11.1 Å². The molecule has 1 N–H and O–H groups in total. The smallest absolute Gasteiger partial charge is 0.387 e. The number of rotatable bonds is 4. The summed E-state index contributed by atoms with van der Waals surface area (Å²) < 4.78 is 29.1. The van der Waals surface area contributed by atoms with Crippen LogP contribution in [0.3, 0.4) is 0 Å². The summed E-state index contributed by atoms with van der Waals surface area (Å²) in [6.45, 7) is -1.30. The highest BCUT2D eigenvalue weighted by molar-refractivity contribution is 5.69. The lowest BCUT2D eigenvalue weighted by molar-refractivity contribution is -0.0509. The molecule has 4 heteroatoms. The van der Waals surface area contributed by atoms with Crippen LogP contribution >= 0.6 is 0 Å². The molecule has 100 valence electrons. The van der Waals surface area contributed by atoms with Crippen LogP contribution in [0.1, 0.15) is 11.1 Å². The average molecular weight is 264 g/mol. The van der Waals surface area contributed by atoms with Gasteiger partial charge in [0.05, 0.1) is 6.61 Å². The van der Waals surface area contributed by atoms with E-state index in [9.17, 15) is 8.78 Å². The molecule has 2 rings (SSSR count). The number of benzene rings is 2. The minimum absolute atomic E-state index is 0.0123. The average Bonchev–Trinajstić information content (AvgIpc) is 2.38. The van der Waals surface area contributed by atoms with Crippen LogP contribution < -0.4 is 4.74 Å². The SMILES string of the molecule is Cc1ccccc1-c1ccc(CO)c(OC(F)F)c1. The molecule has 19 heavy (non-hydrogen) atoms. The van der Waals surface area contributed by atoms with Crippen molar-refractivity contribution in [1.82, 2.24) is 0 Å². The van der Waals surface area contributed by atoms with Gasteiger partial charge < -0.3 is 9.84 Å². The second-order valence-electron chi connectivity index (χ2n) is 4.17. The first kappa shape index (κ1) is 13.5. The van der Waals surface area contributed by atoms with Crippen LogP contribution in [-0.4, -0.2) is 11.7 Å². The molecule has 2 nitrogen and oxygen atoms in total. The Morgan fingerprint density at radius 1 is 1.16 bits per heavy atom. The first-order valence-electron chi connectivity index (χ1n) is 5.86. The summed E-state index contributed by atoms with van der Waals surface area (Å²) in [6.07, 6.45) is 0. The minimum atomic E-state index is -2.91. The topological polar surface area (TPSA) is 29.5 Å². The molecular weight excluding hydrogens is 250 g/mol. The van der Waals surface area contributed by atoms with Gasteiger partial charge in [0.1, 0.15) is 5.75 Å². The predicted molar refractivity (Wildman–Crippen MR) is 69.2 cm³/mol. The zero-order valence-corrected chi connectivity index (χ0v) is 10.4. The molecular formula is C15H14F2O2. The summed E-state index contributed by atoms with van der Waals surface area (Å²) >= 11 is 0. The summed E-state index contributed by atoms with van der Waals surface area (Å²) in [6, 6.07) is 12.6. The van der Waals surface area contributed by atoms with Crippen molar-refractivity contribution in [3.8, 4) is 16.9 Å². The van der Waals surface area contributed by atoms with Crippen LogP contribution in [0.4, 0.5) is 8.78 Å². The molecule has 0 aliphatic heterocycles. The summed E-state index contributed by atoms with van der Waals surface area (Å²) in [5.41, 5.74) is 3.12. The Morgan fingerprint density at radius 3 is 2.53 bits per heavy atom. The fraction of sp³-hybridized carbons (Fsp3) is 0.200. The summed E-state index contributed by atoms with van der Waals surface area (Å²) in [7, 11) is 0. The van der Waals surface area contributed by atoms with Gasteiger partial charge in [-0.05, 0) is 29.7 Å². The van der Waals surface area contributed by atoms with Crippen molar-refractivity contribution >= 4 is 0 Å². The number of aryl methyl sites for hydroxylation is 1. The van der Waals surface area contributed by atoms with Gasteiger partial charge in [0.25, 0.3) is 0 Å². The number of ether oxygens (including phenoxy) is 1. The molecule has 0 atom stereocenters. The van der Waals surface area contributed by atoms with Crippen LogP contribution in [0.5, 0.6) is 5.75 Å². The van der Waals surface area contributed by atoms with E-state index in [2.05, 4.69) is 4.74 Å². The second-order valence-corrected chi connectivity index (χ2v) is 4.17. The Bertz CT molecular complexity index is 568. The first-order valence-corrected chi connectivity index (χ1v) is 5.86. The van der Waals surface area contributed by atoms with Crippen molar-refractivity contribution in [2.24, 2.45) is 0 Å². The lowest BCUT2D eigenvalue weighted by Crippen LogP contribution is -2.04. The Balaban J connectivity index is 2.46. The molecule has 0 bridgehead atoms. The van der Waals surface area contributed by atoms with Gasteiger partial charge in [-0.1, -0.05) is 36.4 Å². The molecule has 0 heterocycles. The molecule has 2 aromatic rings. The molecule has 0 saturated carbocycles. The van der Waals surface area contributed by atoms with E-state index in [-0.39, 0.29) is 12.4 Å². The van der Waals surface area contributed by atoms with E-state index >= 15 is 0 Å². The van der Waals surface area contributed by atoms with Crippen molar-refractivity contribution < 1.29 is 18.6 Å². The number of hydrogen-bond donors (Lipinski definition) is 1. The van der Waals surface area contributed by atoms with Crippen molar-refractivity contribution in [3.63, 3.8) is 0 Å². The van der Waals surface area contributed by atoms with Gasteiger partial charge in [-0.2, -0.15) is 8.78 Å². The zero-order valence-electron chi connectivity index (χ0n) is 10.4. The maximum atomic E-state index is 12.3. The molecule has 0 unspecified atom stereocenters. The Morgan fingerprint density at radius 2 is 1.89 bits per heavy atom. The van der Waals surface area contributed by atoms with Crippen LogP contribution in [-0.2, 0) is 6.61 Å². The summed E-state index contributed by atoms with van der Waals surface area (Å²) in [4.78, 5) is 0. The predicted octanol–water partition coefficient (Wildman–Crippen LogP) is 3.76. The van der Waals surface area contributed by atoms with E-state index < -0.39 is 6.61 Å². The van der Waals surface area contributed by atoms with Gasteiger partial charge in [0.15, 0.2) is 0 Å². The Labute approximate surface area is 110 Å². The third-order valence-corrected chi connectivity index (χ3v) is 2.91. The van der Waals surface area contributed by atoms with Gasteiger partial charge in [-0.25, -0.2) is 0 Å². The van der Waals surface area contributed by atoms with E-state index in [1.54, 1.807) is 12.1 Å². The maximum Gasteiger partial charge on any atom is 0.387 e. The third-order valence-electron chi connectivity index (χ3n) is 2.91. The van der Waals surface area contributed by atoms with E-state index in [0.29, 0.717) is 5.56 Å². The number of aliphatic hydroxyl groups excluding tert-OH is 1. The van der Waals surface area contributed by atoms with Crippen molar-refractivity contribution in [2.45, 2.75) is 20.1 Å². The van der Waals surface area contributed by atoms with E-state index in [1.807, 2.05) is 31.2 Å². The first-order chi connectivity index (χ1) is 9.11. The second kappa shape index (κ2) is 5.80. The molecule has 0 fully saturated rings. The maximum absolute atomic E-state index is 12.3.